The molecule has 0 bridgehead atoms. The number of hydrogen-bond acceptors (Lipinski definition) is 5. The summed E-state index contributed by atoms with van der Waals surface area (Å²) in [6.07, 6.45) is 1.06. The Kier molecular flexibility index (Phi) is 5.28. The second-order valence-corrected chi connectivity index (χ2v) is 6.83. The molecule has 1 aliphatic carbocycles. The summed E-state index contributed by atoms with van der Waals surface area (Å²) < 4.78 is 5.96. The fraction of sp³-hybridized carbons (Fsp3) is 0.533. The van der Waals surface area contributed by atoms with E-state index < -0.39 is 5.92 Å². The van der Waals surface area contributed by atoms with Crippen molar-refractivity contribution < 1.29 is 9.53 Å². The van der Waals surface area contributed by atoms with Gasteiger partial charge in [-0.25, -0.2) is 4.98 Å². The minimum Gasteiger partial charge on any atom is -0.481 e. The summed E-state index contributed by atoms with van der Waals surface area (Å²) in [5.41, 5.74) is 0.762. The Bertz CT molecular complexity index is 588. The van der Waals surface area contributed by atoms with Crippen molar-refractivity contribution in [1.29, 1.82) is 5.26 Å². The molecule has 0 aliphatic heterocycles. The topological polar surface area (TPSA) is 63.0 Å². The summed E-state index contributed by atoms with van der Waals surface area (Å²) in [6.45, 7) is 2.04. The quantitative estimate of drug-likeness (QED) is 0.832. The number of rotatable bonds is 3. The highest BCUT2D eigenvalue weighted by Gasteiger charge is 2.41. The highest BCUT2D eigenvalue weighted by atomic mass is 79.9. The molecule has 0 N–H and O–H groups in total. The van der Waals surface area contributed by atoms with Crippen LogP contribution in [0, 0.1) is 29.1 Å². The fourth-order valence-electron chi connectivity index (χ4n) is 2.72. The van der Waals surface area contributed by atoms with Gasteiger partial charge in [0.2, 0.25) is 5.88 Å². The molecule has 0 aromatic carbocycles. The highest BCUT2D eigenvalue weighted by molar-refractivity contribution is 9.10. The van der Waals surface area contributed by atoms with Crippen molar-refractivity contribution in [2.24, 2.45) is 17.8 Å². The number of halogens is 1. The van der Waals surface area contributed by atoms with E-state index in [0.717, 1.165) is 10.2 Å². The maximum Gasteiger partial charge on any atom is 0.213 e. The third-order valence-electron chi connectivity index (χ3n) is 3.98. The van der Waals surface area contributed by atoms with Gasteiger partial charge < -0.3 is 4.74 Å². The smallest absolute Gasteiger partial charge is 0.213 e. The van der Waals surface area contributed by atoms with Gasteiger partial charge in [-0.2, -0.15) is 17.9 Å². The van der Waals surface area contributed by atoms with Crippen LogP contribution in [0.3, 0.4) is 0 Å². The second-order valence-electron chi connectivity index (χ2n) is 5.38. The van der Waals surface area contributed by atoms with Crippen LogP contribution in [0.4, 0.5) is 0 Å². The van der Waals surface area contributed by atoms with E-state index in [4.69, 9.17) is 10.00 Å². The Hall–Kier alpha value is -1.06. The predicted octanol–water partition coefficient (Wildman–Crippen LogP) is 3.06. The summed E-state index contributed by atoms with van der Waals surface area (Å²) in [4.78, 5) is 16.8. The number of carbonyl (C=O) groups excluding carboxylic acids is 1. The van der Waals surface area contributed by atoms with Crippen molar-refractivity contribution >= 4 is 34.3 Å². The predicted molar refractivity (Wildman–Crippen MR) is 86.3 cm³/mol. The van der Waals surface area contributed by atoms with Gasteiger partial charge in [0.25, 0.3) is 0 Å². The molecule has 0 saturated heterocycles. The van der Waals surface area contributed by atoms with Crippen LogP contribution >= 0.6 is 28.6 Å². The molecule has 1 unspecified atom stereocenters. The first-order valence-corrected chi connectivity index (χ1v) is 8.09. The molecule has 1 aliphatic rings. The Balaban J connectivity index is 2.28. The van der Waals surface area contributed by atoms with E-state index in [1.165, 1.54) is 0 Å². The Labute approximate surface area is 138 Å². The van der Waals surface area contributed by atoms with E-state index in [0.29, 0.717) is 18.7 Å². The number of thiol groups is 1. The van der Waals surface area contributed by atoms with E-state index in [9.17, 15) is 4.79 Å². The lowest BCUT2D eigenvalue weighted by atomic mass is 9.73. The maximum absolute atomic E-state index is 12.4. The monoisotopic (exact) mass is 368 g/mol. The zero-order valence-corrected chi connectivity index (χ0v) is 14.4. The molecule has 1 heterocycles. The molecule has 112 valence electrons. The molecule has 0 spiro atoms. The SMILES string of the molecule is COc1ccc(Br)c(C[C@H]2C(=O)C(C#N)C[C@@H](C)[C@@H]2S)n1. The van der Waals surface area contributed by atoms with Gasteiger partial charge in [-0.05, 0) is 34.3 Å². The summed E-state index contributed by atoms with van der Waals surface area (Å²) in [6, 6.07) is 5.73. The number of hydrogen-bond donors (Lipinski definition) is 1. The van der Waals surface area contributed by atoms with E-state index in [1.807, 2.05) is 13.0 Å². The lowest BCUT2D eigenvalue weighted by Gasteiger charge is -2.34. The van der Waals surface area contributed by atoms with Crippen molar-refractivity contribution in [2.45, 2.75) is 25.0 Å². The number of methoxy groups -OCH3 is 1. The lowest BCUT2D eigenvalue weighted by Crippen LogP contribution is -2.41. The molecule has 0 radical (unpaired) electrons. The fourth-order valence-corrected chi connectivity index (χ4v) is 3.47. The number of nitrogens with zero attached hydrogens (tertiary/aromatic N) is 2. The number of Topliss-reactive ketones (excluding diaryl/α,β-unsaturated/α-hetero) is 1. The molecule has 2 rings (SSSR count). The summed E-state index contributed by atoms with van der Waals surface area (Å²) in [7, 11) is 1.56. The Morgan fingerprint density at radius 2 is 2.29 bits per heavy atom. The van der Waals surface area contributed by atoms with Crippen LogP contribution in [0.1, 0.15) is 19.0 Å². The van der Waals surface area contributed by atoms with Gasteiger partial charge in [0, 0.05) is 28.1 Å². The van der Waals surface area contributed by atoms with E-state index >= 15 is 0 Å². The zero-order valence-electron chi connectivity index (χ0n) is 11.9. The van der Waals surface area contributed by atoms with Crippen LogP contribution in [0.25, 0.3) is 0 Å². The molecule has 1 aromatic rings. The molecule has 1 fully saturated rings. The third-order valence-corrected chi connectivity index (χ3v) is 5.57. The minimum atomic E-state index is -0.530. The van der Waals surface area contributed by atoms with Crippen molar-refractivity contribution in [3.63, 3.8) is 0 Å². The first-order valence-electron chi connectivity index (χ1n) is 6.78. The second kappa shape index (κ2) is 6.80. The van der Waals surface area contributed by atoms with Gasteiger partial charge in [0.05, 0.1) is 18.9 Å². The Morgan fingerprint density at radius 3 is 2.90 bits per heavy atom. The molecular formula is C15H17BrN2O2S. The average molecular weight is 369 g/mol. The standard InChI is InChI=1S/C15H17BrN2O2S/c1-8-5-9(7-17)14(19)10(15(8)21)6-12-11(16)3-4-13(18-12)20-2/h3-4,8-10,15,21H,5-6H2,1-2H3/t8-,9?,10+,15+/m1/s1. The molecule has 1 aromatic heterocycles. The van der Waals surface area contributed by atoms with Gasteiger partial charge >= 0.3 is 0 Å². The largest absolute Gasteiger partial charge is 0.481 e. The van der Waals surface area contributed by atoms with E-state index in [1.54, 1.807) is 13.2 Å². The Morgan fingerprint density at radius 1 is 1.57 bits per heavy atom. The van der Waals surface area contributed by atoms with E-state index in [-0.39, 0.29) is 22.9 Å². The average Bonchev–Trinajstić information content (AvgIpc) is 2.49. The number of ether oxygens (including phenoxy) is 1. The van der Waals surface area contributed by atoms with Crippen molar-refractivity contribution in [1.82, 2.24) is 4.98 Å². The zero-order chi connectivity index (χ0) is 15.6. The first kappa shape index (κ1) is 16.3. The van der Waals surface area contributed by atoms with Gasteiger partial charge in [0.15, 0.2) is 5.78 Å². The molecule has 0 amide bonds. The van der Waals surface area contributed by atoms with Gasteiger partial charge in [-0.15, -0.1) is 0 Å². The summed E-state index contributed by atoms with van der Waals surface area (Å²) >= 11 is 8.05. The van der Waals surface area contributed by atoms with Crippen molar-refractivity contribution in [3.8, 4) is 11.9 Å². The minimum absolute atomic E-state index is 0.0212. The molecule has 6 heteroatoms. The number of aromatic nitrogens is 1. The number of carbonyl (C=O) groups is 1. The van der Waals surface area contributed by atoms with E-state index in [2.05, 4.69) is 39.6 Å². The number of ketones is 1. The van der Waals surface area contributed by atoms with Crippen LogP contribution in [0.5, 0.6) is 5.88 Å². The van der Waals surface area contributed by atoms with Gasteiger partial charge in [-0.1, -0.05) is 6.92 Å². The normalized spacial score (nSPS) is 29.0. The van der Waals surface area contributed by atoms with Crippen LogP contribution in [-0.2, 0) is 11.2 Å². The molecular weight excluding hydrogens is 352 g/mol. The first-order chi connectivity index (χ1) is 9.97. The summed E-state index contributed by atoms with van der Waals surface area (Å²) in [5.74, 6) is -0.107. The third kappa shape index (κ3) is 3.41. The molecule has 21 heavy (non-hydrogen) atoms. The van der Waals surface area contributed by atoms with Crippen molar-refractivity contribution in [3.05, 3.63) is 22.3 Å². The van der Waals surface area contributed by atoms with Crippen molar-refractivity contribution in [2.75, 3.05) is 7.11 Å². The number of nitriles is 1. The van der Waals surface area contributed by atoms with Crippen LogP contribution < -0.4 is 4.74 Å². The molecule has 1 saturated carbocycles. The van der Waals surface area contributed by atoms with Gasteiger partial charge in [-0.3, -0.25) is 4.79 Å². The highest BCUT2D eigenvalue weighted by Crippen LogP contribution is 2.36. The van der Waals surface area contributed by atoms with Gasteiger partial charge in [0.1, 0.15) is 5.92 Å². The maximum atomic E-state index is 12.4. The van der Waals surface area contributed by atoms with Crippen LogP contribution in [0.15, 0.2) is 16.6 Å². The van der Waals surface area contributed by atoms with Crippen LogP contribution in [0.2, 0.25) is 0 Å². The molecule has 4 atom stereocenters. The summed E-state index contributed by atoms with van der Waals surface area (Å²) in [5, 5.41) is 9.09. The molecule has 4 nitrogen and oxygen atoms in total. The number of pyridine rings is 1. The lowest BCUT2D eigenvalue weighted by molar-refractivity contribution is -0.127. The van der Waals surface area contributed by atoms with Crippen LogP contribution in [-0.4, -0.2) is 23.1 Å².